The fraction of sp³-hybridized carbons (Fsp3) is 0.400. The van der Waals surface area contributed by atoms with Crippen LogP contribution in [-0.2, 0) is 4.74 Å². The number of hydrogen-bond donors (Lipinski definition) is 1. The highest BCUT2D eigenvalue weighted by molar-refractivity contribution is 5.42. The number of nitrogens with one attached hydrogen (secondary N) is 1. The van der Waals surface area contributed by atoms with Gasteiger partial charge in [0, 0.05) is 6.54 Å². The van der Waals surface area contributed by atoms with Crippen molar-refractivity contribution in [2.75, 3.05) is 25.1 Å². The van der Waals surface area contributed by atoms with Crippen molar-refractivity contribution in [3.63, 3.8) is 0 Å². The van der Waals surface area contributed by atoms with Gasteiger partial charge >= 0.3 is 6.18 Å². The summed E-state index contributed by atoms with van der Waals surface area (Å²) in [6.07, 6.45) is -2.86. The average molecular weight is 245 g/mol. The topological polar surface area (TPSA) is 57.9 Å². The van der Waals surface area contributed by atoms with E-state index in [1.165, 1.54) is 12.3 Å². The van der Waals surface area contributed by atoms with Crippen LogP contribution in [0.4, 0.5) is 18.9 Å². The minimum Gasteiger partial charge on any atom is -0.381 e. The largest absolute Gasteiger partial charge is 0.411 e. The predicted octanol–water partition coefficient (Wildman–Crippen LogP) is 1.94. The van der Waals surface area contributed by atoms with Gasteiger partial charge in [0.25, 0.3) is 0 Å². The Morgan fingerprint density at radius 2 is 2.18 bits per heavy atom. The van der Waals surface area contributed by atoms with Gasteiger partial charge in [0.15, 0.2) is 0 Å². The van der Waals surface area contributed by atoms with Crippen molar-refractivity contribution in [2.45, 2.75) is 6.18 Å². The van der Waals surface area contributed by atoms with Crippen LogP contribution in [0.15, 0.2) is 18.3 Å². The summed E-state index contributed by atoms with van der Waals surface area (Å²) in [5.74, 6) is 0. The van der Waals surface area contributed by atoms with Crippen LogP contribution in [0, 0.1) is 11.3 Å². The zero-order valence-corrected chi connectivity index (χ0v) is 8.79. The van der Waals surface area contributed by atoms with Gasteiger partial charge < -0.3 is 10.1 Å². The molecule has 0 spiro atoms. The van der Waals surface area contributed by atoms with Gasteiger partial charge in [0.2, 0.25) is 0 Å². The highest BCUT2D eigenvalue weighted by Gasteiger charge is 2.27. The van der Waals surface area contributed by atoms with E-state index in [4.69, 9.17) is 5.26 Å². The lowest BCUT2D eigenvalue weighted by Gasteiger charge is -2.08. The van der Waals surface area contributed by atoms with Crippen LogP contribution < -0.4 is 5.32 Å². The fourth-order valence-corrected chi connectivity index (χ4v) is 1.02. The number of anilines is 1. The molecule has 0 aliphatic heterocycles. The summed E-state index contributed by atoms with van der Waals surface area (Å²) >= 11 is 0. The summed E-state index contributed by atoms with van der Waals surface area (Å²) in [7, 11) is 0. The first-order valence-electron chi connectivity index (χ1n) is 4.76. The van der Waals surface area contributed by atoms with Crippen molar-refractivity contribution < 1.29 is 17.9 Å². The fourth-order valence-electron chi connectivity index (χ4n) is 1.02. The summed E-state index contributed by atoms with van der Waals surface area (Å²) < 4.78 is 39.5. The second-order valence-corrected chi connectivity index (χ2v) is 3.14. The Hall–Kier alpha value is -1.81. The molecule has 0 saturated heterocycles. The van der Waals surface area contributed by atoms with Gasteiger partial charge in [-0.3, -0.25) is 0 Å². The van der Waals surface area contributed by atoms with Crippen LogP contribution in [0.25, 0.3) is 0 Å². The van der Waals surface area contributed by atoms with Crippen LogP contribution >= 0.6 is 0 Å². The summed E-state index contributed by atoms with van der Waals surface area (Å²) in [6.45, 7) is -1.07. The number of aromatic nitrogens is 1. The summed E-state index contributed by atoms with van der Waals surface area (Å²) in [6, 6.07) is 4.99. The van der Waals surface area contributed by atoms with Gasteiger partial charge in [0.05, 0.1) is 18.5 Å². The maximum atomic E-state index is 11.7. The number of halogens is 3. The van der Waals surface area contributed by atoms with E-state index >= 15 is 0 Å². The third kappa shape index (κ3) is 5.73. The standard InChI is InChI=1S/C10H10F3N3O/c11-10(12,13)7-17-4-3-15-9-2-1-8(5-14)16-6-9/h1-2,6,15H,3-4,7H2. The van der Waals surface area contributed by atoms with Crippen molar-refractivity contribution >= 4 is 5.69 Å². The number of nitrogens with zero attached hydrogens (tertiary/aromatic N) is 2. The van der Waals surface area contributed by atoms with Crippen LogP contribution in [0.2, 0.25) is 0 Å². The minimum atomic E-state index is -4.30. The van der Waals surface area contributed by atoms with Crippen LogP contribution in [0.1, 0.15) is 5.69 Å². The van der Waals surface area contributed by atoms with Crippen molar-refractivity contribution in [3.8, 4) is 6.07 Å². The first-order chi connectivity index (χ1) is 8.01. The molecule has 1 rings (SSSR count). The molecule has 0 aliphatic carbocycles. The number of alkyl halides is 3. The first kappa shape index (κ1) is 13.3. The highest BCUT2D eigenvalue weighted by atomic mass is 19.4. The summed E-state index contributed by atoms with van der Waals surface area (Å²) in [5.41, 5.74) is 0.906. The summed E-state index contributed by atoms with van der Waals surface area (Å²) in [5, 5.41) is 11.3. The van der Waals surface area contributed by atoms with Gasteiger partial charge in [-0.05, 0) is 12.1 Å². The Balaban J connectivity index is 2.20. The minimum absolute atomic E-state index is 0.0560. The molecule has 1 aromatic heterocycles. The zero-order valence-electron chi connectivity index (χ0n) is 8.79. The molecule has 0 unspecified atom stereocenters. The van der Waals surface area contributed by atoms with Gasteiger partial charge in [-0.15, -0.1) is 0 Å². The second-order valence-electron chi connectivity index (χ2n) is 3.14. The van der Waals surface area contributed by atoms with Crippen LogP contribution in [0.3, 0.4) is 0 Å². The Morgan fingerprint density at radius 3 is 2.71 bits per heavy atom. The maximum absolute atomic E-state index is 11.7. The van der Waals surface area contributed by atoms with E-state index in [1.807, 2.05) is 6.07 Å². The third-order valence-electron chi connectivity index (χ3n) is 1.72. The van der Waals surface area contributed by atoms with Crippen LogP contribution in [0.5, 0.6) is 0 Å². The Bertz CT molecular complexity index is 383. The molecular weight excluding hydrogens is 235 g/mol. The average Bonchev–Trinajstić information content (AvgIpc) is 2.28. The van der Waals surface area contributed by atoms with Gasteiger partial charge in [0.1, 0.15) is 18.4 Å². The molecular formula is C10H10F3N3O. The van der Waals surface area contributed by atoms with E-state index < -0.39 is 12.8 Å². The zero-order chi connectivity index (χ0) is 12.7. The molecule has 1 heterocycles. The van der Waals surface area contributed by atoms with Crippen molar-refractivity contribution in [2.24, 2.45) is 0 Å². The Morgan fingerprint density at radius 1 is 1.41 bits per heavy atom. The molecule has 4 nitrogen and oxygen atoms in total. The van der Waals surface area contributed by atoms with E-state index in [0.717, 1.165) is 0 Å². The number of pyridine rings is 1. The molecule has 0 amide bonds. The van der Waals surface area contributed by atoms with Gasteiger partial charge in [-0.2, -0.15) is 18.4 Å². The van der Waals surface area contributed by atoms with E-state index in [9.17, 15) is 13.2 Å². The third-order valence-corrected chi connectivity index (χ3v) is 1.72. The Labute approximate surface area is 96.0 Å². The highest BCUT2D eigenvalue weighted by Crippen LogP contribution is 2.14. The van der Waals surface area contributed by atoms with Crippen LogP contribution in [-0.4, -0.2) is 30.9 Å². The van der Waals surface area contributed by atoms with E-state index in [1.54, 1.807) is 6.07 Å². The maximum Gasteiger partial charge on any atom is 0.411 e. The van der Waals surface area contributed by atoms with Crippen molar-refractivity contribution in [3.05, 3.63) is 24.0 Å². The van der Waals surface area contributed by atoms with Crippen molar-refractivity contribution in [1.82, 2.24) is 4.98 Å². The normalized spacial score (nSPS) is 10.9. The molecule has 7 heteroatoms. The summed E-state index contributed by atoms with van der Waals surface area (Å²) in [4.78, 5) is 3.79. The molecule has 1 N–H and O–H groups in total. The molecule has 0 aromatic carbocycles. The molecule has 17 heavy (non-hydrogen) atoms. The predicted molar refractivity (Wildman–Crippen MR) is 54.3 cm³/mol. The Kier molecular flexibility index (Phi) is 4.72. The monoisotopic (exact) mass is 245 g/mol. The number of rotatable bonds is 5. The molecule has 0 atom stereocenters. The number of nitriles is 1. The quantitative estimate of drug-likeness (QED) is 0.805. The van der Waals surface area contributed by atoms with E-state index in [-0.39, 0.29) is 18.8 Å². The molecule has 0 aliphatic rings. The first-order valence-corrected chi connectivity index (χ1v) is 4.76. The van der Waals surface area contributed by atoms with Gasteiger partial charge in [-0.1, -0.05) is 0 Å². The molecule has 0 radical (unpaired) electrons. The lowest BCUT2D eigenvalue weighted by atomic mass is 10.3. The molecule has 92 valence electrons. The number of hydrogen-bond acceptors (Lipinski definition) is 4. The molecule has 1 aromatic rings. The second kappa shape index (κ2) is 6.06. The van der Waals surface area contributed by atoms with Gasteiger partial charge in [-0.25, -0.2) is 4.98 Å². The van der Waals surface area contributed by atoms with Crippen molar-refractivity contribution in [1.29, 1.82) is 5.26 Å². The van der Waals surface area contributed by atoms with E-state index in [0.29, 0.717) is 5.69 Å². The molecule has 0 saturated carbocycles. The lowest BCUT2D eigenvalue weighted by molar-refractivity contribution is -0.172. The number of ether oxygens (including phenoxy) is 1. The molecule has 0 bridgehead atoms. The lowest BCUT2D eigenvalue weighted by Crippen LogP contribution is -2.20. The SMILES string of the molecule is N#Cc1ccc(NCCOCC(F)(F)F)cn1. The molecule has 0 fully saturated rings. The smallest absolute Gasteiger partial charge is 0.381 e. The van der Waals surface area contributed by atoms with E-state index in [2.05, 4.69) is 15.0 Å².